The first-order chi connectivity index (χ1) is 10.1. The number of fused-ring (bicyclic) bond motifs is 1. The molecule has 3 rings (SSSR count). The summed E-state index contributed by atoms with van der Waals surface area (Å²) in [6.45, 7) is 8.75. The third kappa shape index (κ3) is 3.11. The lowest BCUT2D eigenvalue weighted by Gasteiger charge is -2.35. The van der Waals surface area contributed by atoms with E-state index in [2.05, 4.69) is 47.4 Å². The maximum absolute atomic E-state index is 5.63. The number of aryl methyl sites for hydroxylation is 1. The summed E-state index contributed by atoms with van der Waals surface area (Å²) in [5.74, 6) is 1.60. The predicted octanol–water partition coefficient (Wildman–Crippen LogP) is 3.41. The lowest BCUT2D eigenvalue weighted by Crippen LogP contribution is -2.43. The van der Waals surface area contributed by atoms with E-state index in [1.165, 1.54) is 4.88 Å². The Morgan fingerprint density at radius 2 is 2.29 bits per heavy atom. The Labute approximate surface area is 129 Å². The molecular formula is C15H22N4OS. The molecular weight excluding hydrogens is 284 g/mol. The number of anilines is 2. The fourth-order valence-electron chi connectivity index (χ4n) is 2.69. The normalized spacial score (nSPS) is 22.4. The molecule has 0 spiro atoms. The van der Waals surface area contributed by atoms with Gasteiger partial charge in [-0.2, -0.15) is 4.98 Å². The number of thiophene rings is 1. The molecule has 3 heterocycles. The summed E-state index contributed by atoms with van der Waals surface area (Å²) in [7, 11) is 0. The van der Waals surface area contributed by atoms with Crippen LogP contribution in [-0.2, 0) is 4.74 Å². The second-order valence-corrected chi connectivity index (χ2v) is 7.08. The van der Waals surface area contributed by atoms with E-state index >= 15 is 0 Å². The quantitative estimate of drug-likeness (QED) is 0.906. The van der Waals surface area contributed by atoms with Crippen LogP contribution in [0, 0.1) is 6.92 Å². The zero-order valence-electron chi connectivity index (χ0n) is 12.8. The van der Waals surface area contributed by atoms with Crippen LogP contribution in [-0.4, -0.2) is 35.3 Å². The third-order valence-electron chi connectivity index (χ3n) is 3.71. The fraction of sp³-hybridized carbons (Fsp3) is 0.600. The van der Waals surface area contributed by atoms with Crippen molar-refractivity contribution in [3.63, 3.8) is 0 Å². The smallest absolute Gasteiger partial charge is 0.226 e. The van der Waals surface area contributed by atoms with Gasteiger partial charge in [0.2, 0.25) is 5.95 Å². The number of hydrogen-bond donors (Lipinski definition) is 2. The Kier molecular flexibility index (Phi) is 3.99. The van der Waals surface area contributed by atoms with E-state index in [-0.39, 0.29) is 5.54 Å². The number of aromatic nitrogens is 2. The largest absolute Gasteiger partial charge is 0.379 e. The molecule has 2 N–H and O–H groups in total. The second-order valence-electron chi connectivity index (χ2n) is 5.84. The Balaban J connectivity index is 1.98. The molecule has 0 aromatic carbocycles. The summed E-state index contributed by atoms with van der Waals surface area (Å²) in [6.07, 6.45) is 2.18. The molecule has 1 aliphatic rings. The molecule has 0 radical (unpaired) electrons. The van der Waals surface area contributed by atoms with E-state index in [9.17, 15) is 0 Å². The Morgan fingerprint density at radius 1 is 1.43 bits per heavy atom. The van der Waals surface area contributed by atoms with Crippen molar-refractivity contribution in [1.29, 1.82) is 0 Å². The number of rotatable bonds is 4. The van der Waals surface area contributed by atoms with Gasteiger partial charge in [0.15, 0.2) is 0 Å². The first-order valence-corrected chi connectivity index (χ1v) is 8.29. The maximum Gasteiger partial charge on any atom is 0.226 e. The van der Waals surface area contributed by atoms with Gasteiger partial charge in [-0.05, 0) is 39.7 Å². The van der Waals surface area contributed by atoms with Crippen molar-refractivity contribution in [1.82, 2.24) is 9.97 Å². The van der Waals surface area contributed by atoms with Crippen molar-refractivity contribution in [2.45, 2.75) is 39.2 Å². The molecule has 2 aromatic heterocycles. The van der Waals surface area contributed by atoms with Crippen LogP contribution >= 0.6 is 11.3 Å². The predicted molar refractivity (Wildman–Crippen MR) is 88.4 cm³/mol. The molecule has 2 aromatic rings. The van der Waals surface area contributed by atoms with Gasteiger partial charge in [-0.25, -0.2) is 4.98 Å². The van der Waals surface area contributed by atoms with Crippen LogP contribution in [0.2, 0.25) is 0 Å². The number of nitrogens with one attached hydrogen (secondary N) is 2. The zero-order valence-corrected chi connectivity index (χ0v) is 13.6. The Hall–Kier alpha value is -1.40. The fourth-order valence-corrected chi connectivity index (χ4v) is 3.57. The van der Waals surface area contributed by atoms with Crippen molar-refractivity contribution >= 4 is 33.3 Å². The highest BCUT2D eigenvalue weighted by Crippen LogP contribution is 2.32. The summed E-state index contributed by atoms with van der Waals surface area (Å²) in [6, 6.07) is 2.16. The van der Waals surface area contributed by atoms with Gasteiger partial charge in [-0.3, -0.25) is 0 Å². The zero-order chi connectivity index (χ0) is 14.9. The first kappa shape index (κ1) is 14.5. The summed E-state index contributed by atoms with van der Waals surface area (Å²) >= 11 is 1.70. The molecule has 1 saturated heterocycles. The van der Waals surface area contributed by atoms with E-state index in [0.717, 1.165) is 48.6 Å². The lowest BCUT2D eigenvalue weighted by atomic mass is 9.95. The highest BCUT2D eigenvalue weighted by Gasteiger charge is 2.28. The highest BCUT2D eigenvalue weighted by molar-refractivity contribution is 7.18. The number of nitrogens with zero attached hydrogens (tertiary/aromatic N) is 2. The van der Waals surface area contributed by atoms with Crippen molar-refractivity contribution in [3.8, 4) is 0 Å². The van der Waals surface area contributed by atoms with Crippen LogP contribution in [0.5, 0.6) is 0 Å². The van der Waals surface area contributed by atoms with Crippen LogP contribution in [0.3, 0.4) is 0 Å². The van der Waals surface area contributed by atoms with E-state index in [1.54, 1.807) is 11.3 Å². The van der Waals surface area contributed by atoms with Crippen molar-refractivity contribution in [3.05, 3.63) is 10.9 Å². The van der Waals surface area contributed by atoms with Gasteiger partial charge in [0.05, 0.1) is 17.5 Å². The second kappa shape index (κ2) is 5.77. The van der Waals surface area contributed by atoms with E-state index in [1.807, 2.05) is 0 Å². The Morgan fingerprint density at radius 3 is 3.00 bits per heavy atom. The van der Waals surface area contributed by atoms with Gasteiger partial charge >= 0.3 is 0 Å². The average molecular weight is 306 g/mol. The minimum atomic E-state index is -0.0567. The molecule has 1 fully saturated rings. The maximum atomic E-state index is 5.63. The van der Waals surface area contributed by atoms with Crippen LogP contribution in [0.15, 0.2) is 6.07 Å². The van der Waals surface area contributed by atoms with Gasteiger partial charge < -0.3 is 15.4 Å². The molecule has 0 saturated carbocycles. The van der Waals surface area contributed by atoms with Crippen LogP contribution in [0.1, 0.15) is 31.6 Å². The molecule has 0 amide bonds. The SMILES string of the molecule is CCNc1nc(NC2(C)CCCOC2)c2cc(C)sc2n1. The van der Waals surface area contributed by atoms with Crippen molar-refractivity contribution < 1.29 is 4.74 Å². The van der Waals surface area contributed by atoms with Gasteiger partial charge in [0, 0.05) is 18.0 Å². The average Bonchev–Trinajstić information content (AvgIpc) is 2.80. The molecule has 1 unspecified atom stereocenters. The molecule has 21 heavy (non-hydrogen) atoms. The van der Waals surface area contributed by atoms with Crippen LogP contribution in [0.4, 0.5) is 11.8 Å². The minimum absolute atomic E-state index is 0.0567. The van der Waals surface area contributed by atoms with Crippen LogP contribution in [0.25, 0.3) is 10.2 Å². The monoisotopic (exact) mass is 306 g/mol. The summed E-state index contributed by atoms with van der Waals surface area (Å²) in [5.41, 5.74) is -0.0567. The standard InChI is InChI=1S/C15H22N4OS/c1-4-16-14-17-12(11-8-10(2)21-13(11)18-14)19-15(3)6-5-7-20-9-15/h8H,4-7,9H2,1-3H3,(H2,16,17,18,19). The molecule has 0 aliphatic carbocycles. The summed E-state index contributed by atoms with van der Waals surface area (Å²) in [4.78, 5) is 11.5. The van der Waals surface area contributed by atoms with Gasteiger partial charge in [0.25, 0.3) is 0 Å². The van der Waals surface area contributed by atoms with Crippen LogP contribution < -0.4 is 10.6 Å². The molecule has 114 valence electrons. The molecule has 1 aliphatic heterocycles. The van der Waals surface area contributed by atoms with E-state index in [0.29, 0.717) is 5.95 Å². The van der Waals surface area contributed by atoms with Crippen molar-refractivity contribution in [2.75, 3.05) is 30.4 Å². The van der Waals surface area contributed by atoms with Gasteiger partial charge in [-0.15, -0.1) is 11.3 Å². The molecule has 1 atom stereocenters. The van der Waals surface area contributed by atoms with E-state index in [4.69, 9.17) is 4.74 Å². The Bertz CT molecular complexity index is 634. The minimum Gasteiger partial charge on any atom is -0.379 e. The van der Waals surface area contributed by atoms with Crippen molar-refractivity contribution in [2.24, 2.45) is 0 Å². The highest BCUT2D eigenvalue weighted by atomic mass is 32.1. The number of ether oxygens (including phenoxy) is 1. The summed E-state index contributed by atoms with van der Waals surface area (Å²) in [5, 5.41) is 7.92. The molecule has 5 nitrogen and oxygen atoms in total. The van der Waals surface area contributed by atoms with E-state index < -0.39 is 0 Å². The summed E-state index contributed by atoms with van der Waals surface area (Å²) < 4.78 is 5.63. The molecule has 6 heteroatoms. The first-order valence-electron chi connectivity index (χ1n) is 7.48. The third-order valence-corrected chi connectivity index (χ3v) is 4.65. The lowest BCUT2D eigenvalue weighted by molar-refractivity contribution is 0.0539. The van der Waals surface area contributed by atoms with Gasteiger partial charge in [0.1, 0.15) is 10.6 Å². The molecule has 0 bridgehead atoms. The topological polar surface area (TPSA) is 59.1 Å². The van der Waals surface area contributed by atoms with Gasteiger partial charge in [-0.1, -0.05) is 0 Å². The number of hydrogen-bond acceptors (Lipinski definition) is 6.